The third-order valence-electron chi connectivity index (χ3n) is 2.86. The summed E-state index contributed by atoms with van der Waals surface area (Å²) in [5, 5.41) is 12.0. The van der Waals surface area contributed by atoms with E-state index in [1.165, 1.54) is 0 Å². The van der Waals surface area contributed by atoms with Gasteiger partial charge in [-0.3, -0.25) is 0 Å². The molecule has 0 unspecified atom stereocenters. The molecule has 2 aromatic rings. The zero-order chi connectivity index (χ0) is 14.4. The average Bonchev–Trinajstić information content (AvgIpc) is 2.92. The fraction of sp³-hybridized carbons (Fsp3) is 0.429. The molecule has 0 amide bonds. The molecular weight excluding hydrogens is 278 g/mol. The van der Waals surface area contributed by atoms with Crippen LogP contribution in [-0.4, -0.2) is 30.4 Å². The maximum absolute atomic E-state index is 5.93. The van der Waals surface area contributed by atoms with Crippen molar-refractivity contribution in [2.45, 2.75) is 19.8 Å². The Labute approximate surface area is 123 Å². The Morgan fingerprint density at radius 1 is 1.35 bits per heavy atom. The molecule has 0 radical (unpaired) electrons. The first-order valence-corrected chi connectivity index (χ1v) is 6.99. The lowest BCUT2D eigenvalue weighted by Crippen LogP contribution is -2.14. The lowest BCUT2D eigenvalue weighted by atomic mass is 10.2. The standard InChI is InChI=1S/C14H18ClN3O2/c1-3-16-8-4-5-13-17-18-14(20-13)11-7-6-10(15)9-12(11)19-2/h6-7,9,16H,3-5,8H2,1-2H3. The van der Waals surface area contributed by atoms with Crippen molar-refractivity contribution in [2.24, 2.45) is 0 Å². The molecule has 0 saturated heterocycles. The van der Waals surface area contributed by atoms with Crippen molar-refractivity contribution in [1.82, 2.24) is 15.5 Å². The number of hydrogen-bond donors (Lipinski definition) is 1. The van der Waals surface area contributed by atoms with Gasteiger partial charge in [-0.25, -0.2) is 0 Å². The molecule has 0 bridgehead atoms. The molecular formula is C14H18ClN3O2. The summed E-state index contributed by atoms with van der Waals surface area (Å²) in [6, 6.07) is 5.32. The summed E-state index contributed by atoms with van der Waals surface area (Å²) in [7, 11) is 1.59. The van der Waals surface area contributed by atoms with Crippen LogP contribution in [0.25, 0.3) is 11.5 Å². The number of ether oxygens (including phenoxy) is 1. The minimum absolute atomic E-state index is 0.456. The molecule has 0 atom stereocenters. The number of methoxy groups -OCH3 is 1. The largest absolute Gasteiger partial charge is 0.496 e. The molecule has 1 aromatic carbocycles. The Morgan fingerprint density at radius 2 is 2.20 bits per heavy atom. The minimum atomic E-state index is 0.456. The first-order valence-electron chi connectivity index (χ1n) is 6.61. The smallest absolute Gasteiger partial charge is 0.251 e. The normalized spacial score (nSPS) is 10.8. The van der Waals surface area contributed by atoms with E-state index in [1.807, 2.05) is 6.07 Å². The molecule has 20 heavy (non-hydrogen) atoms. The van der Waals surface area contributed by atoms with Gasteiger partial charge in [0, 0.05) is 11.4 Å². The summed E-state index contributed by atoms with van der Waals surface area (Å²) >= 11 is 5.93. The molecule has 0 aliphatic heterocycles. The second-order valence-corrected chi connectivity index (χ2v) is 4.74. The maximum Gasteiger partial charge on any atom is 0.251 e. The number of aryl methyl sites for hydroxylation is 1. The van der Waals surface area contributed by atoms with Crippen molar-refractivity contribution >= 4 is 11.6 Å². The van der Waals surface area contributed by atoms with Crippen LogP contribution in [0.3, 0.4) is 0 Å². The SMILES string of the molecule is CCNCCCc1nnc(-c2ccc(Cl)cc2OC)o1. The quantitative estimate of drug-likeness (QED) is 0.796. The van der Waals surface area contributed by atoms with E-state index < -0.39 is 0 Å². The molecule has 0 aliphatic carbocycles. The van der Waals surface area contributed by atoms with Crippen molar-refractivity contribution in [3.05, 3.63) is 29.1 Å². The Kier molecular flexibility index (Phi) is 5.38. The van der Waals surface area contributed by atoms with Crippen LogP contribution in [0.1, 0.15) is 19.2 Å². The highest BCUT2D eigenvalue weighted by Crippen LogP contribution is 2.31. The summed E-state index contributed by atoms with van der Waals surface area (Å²) < 4.78 is 10.9. The van der Waals surface area contributed by atoms with Gasteiger partial charge in [0.1, 0.15) is 5.75 Å². The molecule has 1 aromatic heterocycles. The van der Waals surface area contributed by atoms with Crippen LogP contribution in [0.4, 0.5) is 0 Å². The molecule has 108 valence electrons. The second kappa shape index (κ2) is 7.26. The number of halogens is 1. The van der Waals surface area contributed by atoms with Crippen molar-refractivity contribution in [3.63, 3.8) is 0 Å². The van der Waals surface area contributed by atoms with Gasteiger partial charge >= 0.3 is 0 Å². The first-order chi connectivity index (χ1) is 9.74. The second-order valence-electron chi connectivity index (χ2n) is 4.30. The van der Waals surface area contributed by atoms with Gasteiger partial charge in [-0.1, -0.05) is 18.5 Å². The molecule has 0 saturated carbocycles. The Balaban J connectivity index is 2.08. The number of nitrogens with one attached hydrogen (secondary N) is 1. The Morgan fingerprint density at radius 3 is 2.95 bits per heavy atom. The Bertz CT molecular complexity index is 557. The highest BCUT2D eigenvalue weighted by atomic mass is 35.5. The van der Waals surface area contributed by atoms with Gasteiger partial charge in [-0.05, 0) is 37.7 Å². The summed E-state index contributed by atoms with van der Waals surface area (Å²) in [5.41, 5.74) is 0.752. The van der Waals surface area contributed by atoms with Crippen LogP contribution < -0.4 is 10.1 Å². The van der Waals surface area contributed by atoms with E-state index in [4.69, 9.17) is 20.8 Å². The summed E-state index contributed by atoms with van der Waals surface area (Å²) in [5.74, 6) is 1.72. The van der Waals surface area contributed by atoms with E-state index in [1.54, 1.807) is 19.2 Å². The number of aromatic nitrogens is 2. The highest BCUT2D eigenvalue weighted by molar-refractivity contribution is 6.30. The van der Waals surface area contributed by atoms with Crippen LogP contribution in [0.2, 0.25) is 5.02 Å². The van der Waals surface area contributed by atoms with Gasteiger partial charge in [0.15, 0.2) is 0 Å². The lowest BCUT2D eigenvalue weighted by Gasteiger charge is -2.04. The zero-order valence-electron chi connectivity index (χ0n) is 11.6. The third kappa shape index (κ3) is 3.71. The molecule has 1 N–H and O–H groups in total. The molecule has 1 heterocycles. The van der Waals surface area contributed by atoms with Crippen molar-refractivity contribution in [2.75, 3.05) is 20.2 Å². The van der Waals surface area contributed by atoms with E-state index in [9.17, 15) is 0 Å². The lowest BCUT2D eigenvalue weighted by molar-refractivity contribution is 0.413. The van der Waals surface area contributed by atoms with E-state index >= 15 is 0 Å². The van der Waals surface area contributed by atoms with Gasteiger partial charge in [0.25, 0.3) is 5.89 Å². The van der Waals surface area contributed by atoms with Gasteiger partial charge in [0.05, 0.1) is 12.7 Å². The molecule has 0 spiro atoms. The van der Waals surface area contributed by atoms with Crippen LogP contribution in [0.5, 0.6) is 5.75 Å². The average molecular weight is 296 g/mol. The zero-order valence-corrected chi connectivity index (χ0v) is 12.4. The Hall–Kier alpha value is -1.59. The number of benzene rings is 1. The van der Waals surface area contributed by atoms with Crippen LogP contribution in [0.15, 0.2) is 22.6 Å². The first kappa shape index (κ1) is 14.8. The highest BCUT2D eigenvalue weighted by Gasteiger charge is 2.13. The molecule has 2 rings (SSSR count). The monoisotopic (exact) mass is 295 g/mol. The molecule has 5 nitrogen and oxygen atoms in total. The van der Waals surface area contributed by atoms with E-state index in [2.05, 4.69) is 22.4 Å². The van der Waals surface area contributed by atoms with Crippen molar-refractivity contribution in [1.29, 1.82) is 0 Å². The van der Waals surface area contributed by atoms with Gasteiger partial charge in [-0.15, -0.1) is 10.2 Å². The van der Waals surface area contributed by atoms with Crippen LogP contribution in [0, 0.1) is 0 Å². The van der Waals surface area contributed by atoms with Crippen molar-refractivity contribution < 1.29 is 9.15 Å². The maximum atomic E-state index is 5.93. The van der Waals surface area contributed by atoms with E-state index in [-0.39, 0.29) is 0 Å². The number of hydrogen-bond acceptors (Lipinski definition) is 5. The minimum Gasteiger partial charge on any atom is -0.496 e. The van der Waals surface area contributed by atoms with E-state index in [0.717, 1.165) is 31.5 Å². The fourth-order valence-electron chi connectivity index (χ4n) is 1.85. The third-order valence-corrected chi connectivity index (χ3v) is 3.09. The number of nitrogens with zero attached hydrogens (tertiary/aromatic N) is 2. The molecule has 6 heteroatoms. The van der Waals surface area contributed by atoms with Crippen LogP contribution >= 0.6 is 11.6 Å². The topological polar surface area (TPSA) is 60.2 Å². The van der Waals surface area contributed by atoms with Gasteiger partial charge < -0.3 is 14.5 Å². The van der Waals surface area contributed by atoms with E-state index in [0.29, 0.717) is 22.6 Å². The predicted molar refractivity (Wildman–Crippen MR) is 78.2 cm³/mol. The molecule has 0 aliphatic rings. The predicted octanol–water partition coefficient (Wildman–Crippen LogP) is 2.94. The number of rotatable bonds is 7. The summed E-state index contributed by atoms with van der Waals surface area (Å²) in [4.78, 5) is 0. The van der Waals surface area contributed by atoms with Crippen LogP contribution in [-0.2, 0) is 6.42 Å². The van der Waals surface area contributed by atoms with Gasteiger partial charge in [0.2, 0.25) is 5.89 Å². The van der Waals surface area contributed by atoms with Gasteiger partial charge in [-0.2, -0.15) is 0 Å². The van der Waals surface area contributed by atoms with Crippen molar-refractivity contribution in [3.8, 4) is 17.2 Å². The fourth-order valence-corrected chi connectivity index (χ4v) is 2.01. The summed E-state index contributed by atoms with van der Waals surface area (Å²) in [6.07, 6.45) is 1.73. The summed E-state index contributed by atoms with van der Waals surface area (Å²) in [6.45, 7) is 3.99. The molecule has 0 fully saturated rings.